The molecule has 6 heteroatoms. The van der Waals surface area contributed by atoms with Crippen molar-refractivity contribution in [2.45, 2.75) is 6.92 Å². The molecule has 4 aromatic rings. The van der Waals surface area contributed by atoms with Crippen molar-refractivity contribution < 1.29 is 18.7 Å². The highest BCUT2D eigenvalue weighted by Crippen LogP contribution is 2.30. The highest BCUT2D eigenvalue weighted by molar-refractivity contribution is 6.11. The number of methoxy groups -OCH3 is 1. The molecule has 0 atom stereocenters. The molecule has 0 spiro atoms. The third-order valence-corrected chi connectivity index (χ3v) is 4.66. The lowest BCUT2D eigenvalue weighted by Crippen LogP contribution is -2.11. The number of ether oxygens (including phenoxy) is 1. The Bertz CT molecular complexity index is 1210. The summed E-state index contributed by atoms with van der Waals surface area (Å²) in [7, 11) is 1.55. The van der Waals surface area contributed by atoms with Crippen LogP contribution in [0.4, 0.5) is 5.69 Å². The van der Waals surface area contributed by atoms with Crippen molar-refractivity contribution >= 4 is 28.3 Å². The number of amides is 1. The number of nitrogens with zero attached hydrogens (tertiary/aromatic N) is 1. The lowest BCUT2D eigenvalue weighted by Gasteiger charge is -2.04. The summed E-state index contributed by atoms with van der Waals surface area (Å²) >= 11 is 0. The van der Waals surface area contributed by atoms with Crippen LogP contribution in [-0.2, 0) is 0 Å². The van der Waals surface area contributed by atoms with Crippen LogP contribution in [-0.4, -0.2) is 23.8 Å². The Morgan fingerprint density at radius 1 is 1.03 bits per heavy atom. The molecule has 1 amide bonds. The second kappa shape index (κ2) is 7.59. The number of anilines is 1. The van der Waals surface area contributed by atoms with Crippen molar-refractivity contribution in [1.29, 1.82) is 0 Å². The zero-order chi connectivity index (χ0) is 20.4. The third kappa shape index (κ3) is 3.60. The number of hydrogen-bond acceptors (Lipinski definition) is 5. The van der Waals surface area contributed by atoms with Crippen LogP contribution in [0.15, 0.2) is 71.4 Å². The Balaban J connectivity index is 1.65. The number of hydrogen-bond donors (Lipinski definition) is 1. The lowest BCUT2D eigenvalue weighted by atomic mass is 10.0. The van der Waals surface area contributed by atoms with E-state index in [2.05, 4.69) is 10.3 Å². The predicted octanol–water partition coefficient (Wildman–Crippen LogP) is 4.63. The fourth-order valence-electron chi connectivity index (χ4n) is 3.12. The number of aryl methyl sites for hydroxylation is 1. The first kappa shape index (κ1) is 18.4. The molecule has 0 saturated heterocycles. The molecule has 2 heterocycles. The summed E-state index contributed by atoms with van der Waals surface area (Å²) < 4.78 is 11.1. The van der Waals surface area contributed by atoms with E-state index >= 15 is 0 Å². The van der Waals surface area contributed by atoms with Gasteiger partial charge in [0.15, 0.2) is 5.76 Å². The summed E-state index contributed by atoms with van der Waals surface area (Å²) in [6.45, 7) is 1.84. The molecule has 0 aliphatic rings. The zero-order valence-electron chi connectivity index (χ0n) is 15.9. The highest BCUT2D eigenvalue weighted by Gasteiger charge is 2.20. The number of aromatic nitrogens is 1. The average molecular weight is 386 g/mol. The number of furan rings is 1. The van der Waals surface area contributed by atoms with Gasteiger partial charge in [-0.3, -0.25) is 14.6 Å². The largest absolute Gasteiger partial charge is 0.497 e. The summed E-state index contributed by atoms with van der Waals surface area (Å²) in [6, 6.07) is 15.6. The van der Waals surface area contributed by atoms with Crippen LogP contribution < -0.4 is 10.1 Å². The highest BCUT2D eigenvalue weighted by atomic mass is 16.5. The van der Waals surface area contributed by atoms with Crippen LogP contribution in [0, 0.1) is 6.92 Å². The van der Waals surface area contributed by atoms with Gasteiger partial charge >= 0.3 is 0 Å². The maximum Gasteiger partial charge on any atom is 0.257 e. The molecular weight excluding hydrogens is 368 g/mol. The van der Waals surface area contributed by atoms with E-state index in [0.717, 1.165) is 10.9 Å². The molecule has 0 fully saturated rings. The molecule has 0 bridgehead atoms. The van der Waals surface area contributed by atoms with E-state index < -0.39 is 0 Å². The molecule has 0 radical (unpaired) electrons. The van der Waals surface area contributed by atoms with Gasteiger partial charge in [0.2, 0.25) is 5.78 Å². The monoisotopic (exact) mass is 386 g/mol. The number of nitrogens with one attached hydrogen (secondary N) is 1. The van der Waals surface area contributed by atoms with E-state index in [-0.39, 0.29) is 17.5 Å². The van der Waals surface area contributed by atoms with Crippen molar-refractivity contribution in [3.8, 4) is 5.75 Å². The van der Waals surface area contributed by atoms with Crippen molar-refractivity contribution in [1.82, 2.24) is 4.98 Å². The first-order valence-corrected chi connectivity index (χ1v) is 9.00. The van der Waals surface area contributed by atoms with Gasteiger partial charge in [-0.1, -0.05) is 12.1 Å². The van der Waals surface area contributed by atoms with E-state index in [0.29, 0.717) is 28.1 Å². The number of rotatable bonds is 5. The minimum absolute atomic E-state index is 0.224. The first-order valence-electron chi connectivity index (χ1n) is 9.00. The fraction of sp³-hybridized carbons (Fsp3) is 0.0870. The van der Waals surface area contributed by atoms with E-state index in [1.54, 1.807) is 61.8 Å². The van der Waals surface area contributed by atoms with Gasteiger partial charge in [0.1, 0.15) is 11.3 Å². The quantitative estimate of drug-likeness (QED) is 0.506. The van der Waals surface area contributed by atoms with Crippen molar-refractivity contribution in [2.75, 3.05) is 12.4 Å². The van der Waals surface area contributed by atoms with Crippen LogP contribution in [0.3, 0.4) is 0 Å². The Labute approximate surface area is 167 Å². The summed E-state index contributed by atoms with van der Waals surface area (Å²) in [4.78, 5) is 29.2. The van der Waals surface area contributed by atoms with E-state index in [1.807, 2.05) is 13.0 Å². The van der Waals surface area contributed by atoms with Crippen LogP contribution in [0.2, 0.25) is 0 Å². The average Bonchev–Trinajstić information content (AvgIpc) is 3.09. The van der Waals surface area contributed by atoms with Gasteiger partial charge in [-0.25, -0.2) is 0 Å². The summed E-state index contributed by atoms with van der Waals surface area (Å²) in [5, 5.41) is 3.63. The second-order valence-corrected chi connectivity index (χ2v) is 6.52. The van der Waals surface area contributed by atoms with Gasteiger partial charge in [-0.2, -0.15) is 0 Å². The van der Waals surface area contributed by atoms with Gasteiger partial charge < -0.3 is 14.5 Å². The molecular formula is C23H18N2O4. The van der Waals surface area contributed by atoms with Gasteiger partial charge in [-0.15, -0.1) is 0 Å². The van der Waals surface area contributed by atoms with Crippen molar-refractivity contribution in [3.05, 3.63) is 89.4 Å². The second-order valence-electron chi connectivity index (χ2n) is 6.52. The zero-order valence-corrected chi connectivity index (χ0v) is 15.9. The molecule has 4 rings (SSSR count). The van der Waals surface area contributed by atoms with Crippen LogP contribution in [0.1, 0.15) is 32.0 Å². The maximum atomic E-state index is 12.9. The first-order chi connectivity index (χ1) is 14.1. The van der Waals surface area contributed by atoms with Gasteiger partial charge in [0.25, 0.3) is 5.91 Å². The molecule has 1 N–H and O–H groups in total. The summed E-state index contributed by atoms with van der Waals surface area (Å²) in [5.41, 5.74) is 2.78. The fourth-order valence-corrected chi connectivity index (χ4v) is 3.12. The minimum atomic E-state index is -0.270. The third-order valence-electron chi connectivity index (χ3n) is 4.66. The van der Waals surface area contributed by atoms with Crippen LogP contribution in [0.5, 0.6) is 5.75 Å². The number of fused-ring (bicyclic) bond motifs is 1. The smallest absolute Gasteiger partial charge is 0.257 e. The molecule has 6 nitrogen and oxygen atoms in total. The van der Waals surface area contributed by atoms with E-state index in [4.69, 9.17) is 9.15 Å². The molecule has 2 aromatic carbocycles. The summed E-state index contributed by atoms with van der Waals surface area (Å²) in [5.74, 6) is 0.376. The van der Waals surface area contributed by atoms with Crippen LogP contribution >= 0.6 is 0 Å². The SMILES string of the molecule is COc1cccc(C(=O)c2oc3cc(NC(=O)c4cccnc4)ccc3c2C)c1. The molecule has 0 saturated carbocycles. The molecule has 2 aromatic heterocycles. The predicted molar refractivity (Wildman–Crippen MR) is 110 cm³/mol. The van der Waals surface area contributed by atoms with E-state index in [1.165, 1.54) is 6.20 Å². The number of benzene rings is 2. The molecule has 144 valence electrons. The molecule has 0 aliphatic heterocycles. The maximum absolute atomic E-state index is 12.9. The van der Waals surface area contributed by atoms with Gasteiger partial charge in [0, 0.05) is 40.7 Å². The normalized spacial score (nSPS) is 10.7. The van der Waals surface area contributed by atoms with Gasteiger partial charge in [0.05, 0.1) is 12.7 Å². The molecule has 0 aliphatic carbocycles. The van der Waals surface area contributed by atoms with Crippen molar-refractivity contribution in [2.24, 2.45) is 0 Å². The van der Waals surface area contributed by atoms with Crippen LogP contribution in [0.25, 0.3) is 11.0 Å². The minimum Gasteiger partial charge on any atom is -0.497 e. The Morgan fingerprint density at radius 3 is 2.62 bits per heavy atom. The Hall–Kier alpha value is -3.93. The summed E-state index contributed by atoms with van der Waals surface area (Å²) in [6.07, 6.45) is 3.10. The Kier molecular flexibility index (Phi) is 4.83. The topological polar surface area (TPSA) is 81.4 Å². The lowest BCUT2D eigenvalue weighted by molar-refractivity contribution is 0.101. The number of ketones is 1. The number of carbonyl (C=O) groups excluding carboxylic acids is 2. The number of pyridine rings is 1. The van der Waals surface area contributed by atoms with E-state index in [9.17, 15) is 9.59 Å². The Morgan fingerprint density at radius 2 is 1.86 bits per heavy atom. The number of carbonyl (C=O) groups is 2. The molecule has 29 heavy (non-hydrogen) atoms. The standard InChI is InChI=1S/C23H18N2O4/c1-14-19-9-8-17(25-23(27)16-6-4-10-24-13-16)12-20(19)29-22(14)21(26)15-5-3-7-18(11-15)28-2/h3-13H,1-2H3,(H,25,27). The van der Waals surface area contributed by atoms with Gasteiger partial charge in [-0.05, 0) is 43.3 Å². The van der Waals surface area contributed by atoms with Crippen molar-refractivity contribution in [3.63, 3.8) is 0 Å². The molecule has 0 unspecified atom stereocenters.